The molecular formula is C12H18N4O2. The Hall–Kier alpha value is -2.08. The van der Waals surface area contributed by atoms with Gasteiger partial charge in [0.2, 0.25) is 0 Å². The number of rotatable bonds is 5. The van der Waals surface area contributed by atoms with Gasteiger partial charge in [-0.2, -0.15) is 0 Å². The number of nitrogens with one attached hydrogen (secondary N) is 2. The van der Waals surface area contributed by atoms with Crippen LogP contribution in [0.5, 0.6) is 0 Å². The lowest BCUT2D eigenvalue weighted by Gasteiger charge is -2.11. The lowest BCUT2D eigenvalue weighted by molar-refractivity contribution is -0.140. The fraction of sp³-hybridized carbons (Fsp3) is 0.333. The Kier molecular flexibility index (Phi) is 5.13. The maximum absolute atomic E-state index is 11.1. The number of nitrogens with two attached hydrogens (primary N) is 2. The average Bonchev–Trinajstić information content (AvgIpc) is 2.28. The maximum atomic E-state index is 11.1. The molecule has 98 valence electrons. The van der Waals surface area contributed by atoms with E-state index in [0.717, 1.165) is 11.3 Å². The zero-order valence-corrected chi connectivity index (χ0v) is 10.3. The van der Waals surface area contributed by atoms with Crippen molar-refractivity contribution in [2.24, 2.45) is 11.5 Å². The number of anilines is 1. The van der Waals surface area contributed by atoms with E-state index in [2.05, 4.69) is 10.1 Å². The predicted octanol–water partition coefficient (Wildman–Crippen LogP) is 0.425. The molecule has 1 aromatic carbocycles. The van der Waals surface area contributed by atoms with Crippen molar-refractivity contribution in [3.8, 4) is 0 Å². The molecule has 0 saturated heterocycles. The second-order valence-electron chi connectivity index (χ2n) is 3.98. The van der Waals surface area contributed by atoms with Gasteiger partial charge in [0.15, 0.2) is 5.96 Å². The zero-order chi connectivity index (χ0) is 13.5. The highest BCUT2D eigenvalue weighted by molar-refractivity contribution is 5.89. The summed E-state index contributed by atoms with van der Waals surface area (Å²) in [5.41, 5.74) is 12.8. The van der Waals surface area contributed by atoms with E-state index in [1.54, 1.807) is 6.07 Å². The van der Waals surface area contributed by atoms with Crippen molar-refractivity contribution >= 4 is 17.6 Å². The Bertz CT molecular complexity index is 434. The van der Waals surface area contributed by atoms with Gasteiger partial charge in [-0.15, -0.1) is 0 Å². The molecular weight excluding hydrogens is 232 g/mol. The molecule has 1 aromatic rings. The molecule has 1 unspecified atom stereocenters. The van der Waals surface area contributed by atoms with Crippen LogP contribution in [0.2, 0.25) is 0 Å². The van der Waals surface area contributed by atoms with Crippen LogP contribution in [-0.4, -0.2) is 25.1 Å². The molecule has 0 saturated carbocycles. The van der Waals surface area contributed by atoms with Crippen molar-refractivity contribution in [2.75, 3.05) is 12.4 Å². The summed E-state index contributed by atoms with van der Waals surface area (Å²) < 4.78 is 4.56. The van der Waals surface area contributed by atoms with Gasteiger partial charge >= 0.3 is 5.97 Å². The number of methoxy groups -OCH3 is 1. The summed E-state index contributed by atoms with van der Waals surface area (Å²) in [7, 11) is 1.34. The zero-order valence-electron chi connectivity index (χ0n) is 10.3. The molecule has 18 heavy (non-hydrogen) atoms. The van der Waals surface area contributed by atoms with Crippen LogP contribution in [0.15, 0.2) is 24.3 Å². The van der Waals surface area contributed by atoms with Gasteiger partial charge in [-0.3, -0.25) is 10.2 Å². The Labute approximate surface area is 106 Å². The highest BCUT2D eigenvalue weighted by atomic mass is 16.5. The van der Waals surface area contributed by atoms with Gasteiger partial charge in [0, 0.05) is 11.7 Å². The lowest BCUT2D eigenvalue weighted by Crippen LogP contribution is -2.27. The Balaban J connectivity index is 2.61. The maximum Gasteiger partial charge on any atom is 0.307 e. The summed E-state index contributed by atoms with van der Waals surface area (Å²) >= 11 is 0. The molecule has 0 bridgehead atoms. The predicted molar refractivity (Wildman–Crippen MR) is 70.3 cm³/mol. The number of hydrogen-bond donors (Lipinski definition) is 4. The van der Waals surface area contributed by atoms with Crippen molar-refractivity contribution in [1.29, 1.82) is 5.41 Å². The summed E-state index contributed by atoms with van der Waals surface area (Å²) in [5.74, 6) is -0.438. The van der Waals surface area contributed by atoms with E-state index in [-0.39, 0.29) is 24.4 Å². The van der Waals surface area contributed by atoms with Gasteiger partial charge in [0.05, 0.1) is 13.5 Å². The van der Waals surface area contributed by atoms with E-state index >= 15 is 0 Å². The van der Waals surface area contributed by atoms with Gasteiger partial charge in [-0.25, -0.2) is 0 Å². The van der Waals surface area contributed by atoms with Gasteiger partial charge in [-0.1, -0.05) is 12.1 Å². The third-order valence-electron chi connectivity index (χ3n) is 2.36. The van der Waals surface area contributed by atoms with Crippen LogP contribution in [0.1, 0.15) is 12.0 Å². The molecule has 0 aromatic heterocycles. The minimum Gasteiger partial charge on any atom is -0.469 e. The molecule has 0 radical (unpaired) electrons. The summed E-state index contributed by atoms with van der Waals surface area (Å²) in [6.45, 7) is 0. The van der Waals surface area contributed by atoms with Crippen LogP contribution in [0.25, 0.3) is 0 Å². The first-order chi connectivity index (χ1) is 8.51. The summed E-state index contributed by atoms with van der Waals surface area (Å²) in [5, 5.41) is 9.84. The van der Waals surface area contributed by atoms with Crippen LogP contribution in [-0.2, 0) is 16.0 Å². The van der Waals surface area contributed by atoms with Gasteiger partial charge < -0.3 is 21.5 Å². The van der Waals surface area contributed by atoms with Gasteiger partial charge in [-0.05, 0) is 24.1 Å². The largest absolute Gasteiger partial charge is 0.469 e. The lowest BCUT2D eigenvalue weighted by atomic mass is 10.0. The van der Waals surface area contributed by atoms with E-state index in [9.17, 15) is 4.79 Å². The molecule has 1 rings (SSSR count). The molecule has 0 aliphatic heterocycles. The quantitative estimate of drug-likeness (QED) is 0.343. The molecule has 0 aliphatic rings. The Morgan fingerprint density at radius 1 is 1.56 bits per heavy atom. The van der Waals surface area contributed by atoms with E-state index in [1.807, 2.05) is 18.2 Å². The fourth-order valence-corrected chi connectivity index (χ4v) is 1.60. The highest BCUT2D eigenvalue weighted by Gasteiger charge is 2.10. The topological polar surface area (TPSA) is 114 Å². The third kappa shape index (κ3) is 4.84. The first-order valence-corrected chi connectivity index (χ1v) is 5.53. The number of carbonyl (C=O) groups excluding carboxylic acids is 1. The molecule has 1 atom stereocenters. The summed E-state index contributed by atoms with van der Waals surface area (Å²) in [6.07, 6.45) is 0.739. The van der Waals surface area contributed by atoms with Gasteiger partial charge in [0.1, 0.15) is 0 Å². The first-order valence-electron chi connectivity index (χ1n) is 5.53. The molecule has 0 fully saturated rings. The standard InChI is InChI=1S/C12H18N4O2/c1-18-11(17)7-9(13)5-8-3-2-4-10(6-8)16-12(14)15/h2-4,6,9H,5,7,13H2,1H3,(H4,14,15,16). The van der Waals surface area contributed by atoms with E-state index in [4.69, 9.17) is 16.9 Å². The first kappa shape index (κ1) is 14.0. The van der Waals surface area contributed by atoms with E-state index in [0.29, 0.717) is 6.42 Å². The number of ether oxygens (including phenoxy) is 1. The average molecular weight is 250 g/mol. The summed E-state index contributed by atoms with van der Waals surface area (Å²) in [4.78, 5) is 11.1. The molecule has 6 heteroatoms. The number of benzene rings is 1. The fourth-order valence-electron chi connectivity index (χ4n) is 1.60. The normalized spacial score (nSPS) is 11.7. The highest BCUT2D eigenvalue weighted by Crippen LogP contribution is 2.12. The van der Waals surface area contributed by atoms with Crippen molar-refractivity contribution in [3.05, 3.63) is 29.8 Å². The molecule has 0 heterocycles. The number of esters is 1. The van der Waals surface area contributed by atoms with Crippen molar-refractivity contribution in [2.45, 2.75) is 18.9 Å². The molecule has 0 amide bonds. The smallest absolute Gasteiger partial charge is 0.307 e. The van der Waals surface area contributed by atoms with Crippen LogP contribution in [0, 0.1) is 5.41 Å². The van der Waals surface area contributed by atoms with Crippen LogP contribution in [0.3, 0.4) is 0 Å². The molecule has 0 spiro atoms. The molecule has 6 N–H and O–H groups in total. The number of carbonyl (C=O) groups is 1. The molecule has 0 aliphatic carbocycles. The summed E-state index contributed by atoms with van der Waals surface area (Å²) in [6, 6.07) is 7.11. The number of guanidine groups is 1. The minimum atomic E-state index is -0.319. The minimum absolute atomic E-state index is 0.119. The number of hydrogen-bond acceptors (Lipinski definition) is 4. The van der Waals surface area contributed by atoms with Crippen molar-refractivity contribution < 1.29 is 9.53 Å². The third-order valence-corrected chi connectivity index (χ3v) is 2.36. The second kappa shape index (κ2) is 6.61. The Morgan fingerprint density at radius 3 is 2.89 bits per heavy atom. The van der Waals surface area contributed by atoms with Crippen LogP contribution in [0.4, 0.5) is 5.69 Å². The SMILES string of the molecule is COC(=O)CC(N)Cc1cccc(NC(=N)N)c1. The van der Waals surface area contributed by atoms with Crippen molar-refractivity contribution in [3.63, 3.8) is 0 Å². The monoisotopic (exact) mass is 250 g/mol. The van der Waals surface area contributed by atoms with Crippen LogP contribution >= 0.6 is 0 Å². The second-order valence-corrected chi connectivity index (χ2v) is 3.98. The Morgan fingerprint density at radius 2 is 2.28 bits per heavy atom. The molecule has 6 nitrogen and oxygen atoms in total. The van der Waals surface area contributed by atoms with Crippen LogP contribution < -0.4 is 16.8 Å². The van der Waals surface area contributed by atoms with E-state index in [1.165, 1.54) is 7.11 Å². The van der Waals surface area contributed by atoms with Gasteiger partial charge in [0.25, 0.3) is 0 Å². The van der Waals surface area contributed by atoms with Crippen molar-refractivity contribution in [1.82, 2.24) is 0 Å². The van der Waals surface area contributed by atoms with E-state index < -0.39 is 0 Å².